The van der Waals surface area contributed by atoms with Crippen molar-refractivity contribution in [3.05, 3.63) is 46.3 Å². The number of nitrogens with zero attached hydrogens (tertiary/aromatic N) is 1. The Morgan fingerprint density at radius 1 is 1.06 bits per heavy atom. The minimum atomic E-state index is 0.825. The minimum Gasteiger partial charge on any atom is -0.368 e. The van der Waals surface area contributed by atoms with E-state index in [1.165, 1.54) is 10.4 Å². The molecule has 2 nitrogen and oxygen atoms in total. The molecule has 0 radical (unpaired) electrons. The van der Waals surface area contributed by atoms with Gasteiger partial charge in [0.25, 0.3) is 0 Å². The van der Waals surface area contributed by atoms with Gasteiger partial charge in [-0.2, -0.15) is 0 Å². The third-order valence-electron chi connectivity index (χ3n) is 2.69. The van der Waals surface area contributed by atoms with Crippen molar-refractivity contribution < 1.29 is 0 Å². The monoisotopic (exact) mass is 262 g/mol. The van der Waals surface area contributed by atoms with Gasteiger partial charge >= 0.3 is 0 Å². The fourth-order valence-electron chi connectivity index (χ4n) is 1.85. The summed E-state index contributed by atoms with van der Waals surface area (Å²) in [5, 5.41) is 3.27. The highest BCUT2D eigenvalue weighted by Gasteiger charge is 2.08. The number of halogens is 1. The number of rotatable bonds is 2. The molecule has 0 unspecified atom stereocenters. The normalized spacial score (nSPS) is 14.5. The number of thiophene rings is 1. The Morgan fingerprint density at radius 2 is 1.82 bits per heavy atom. The van der Waals surface area contributed by atoms with Crippen LogP contribution in [0.3, 0.4) is 0 Å². The van der Waals surface area contributed by atoms with E-state index in [0.717, 1.165) is 28.8 Å². The standard InChI is InChI=1S/C13H11ClN2S/c14-12-6-5-11(17-12)9-1-3-10(4-2-9)13-15-7-8-16-13/h1-6H,7-8H2,(H,15,16). The first kappa shape index (κ1) is 10.8. The van der Waals surface area contributed by atoms with Crippen LogP contribution in [-0.2, 0) is 0 Å². The molecule has 0 atom stereocenters. The molecule has 0 saturated carbocycles. The van der Waals surface area contributed by atoms with Gasteiger partial charge in [0.05, 0.1) is 10.9 Å². The molecule has 86 valence electrons. The SMILES string of the molecule is Clc1ccc(-c2ccc(C3=NCCN3)cc2)s1. The number of benzene rings is 1. The Balaban J connectivity index is 1.89. The van der Waals surface area contributed by atoms with E-state index < -0.39 is 0 Å². The van der Waals surface area contributed by atoms with E-state index in [-0.39, 0.29) is 0 Å². The van der Waals surface area contributed by atoms with Gasteiger partial charge < -0.3 is 5.32 Å². The van der Waals surface area contributed by atoms with Crippen LogP contribution < -0.4 is 5.32 Å². The third-order valence-corrected chi connectivity index (χ3v) is 3.97. The van der Waals surface area contributed by atoms with E-state index in [1.807, 2.05) is 12.1 Å². The van der Waals surface area contributed by atoms with Crippen LogP contribution in [0.15, 0.2) is 41.4 Å². The first-order valence-corrected chi connectivity index (χ1v) is 6.67. The lowest BCUT2D eigenvalue weighted by atomic mass is 10.1. The summed E-state index contributed by atoms with van der Waals surface area (Å²) in [6.07, 6.45) is 0. The van der Waals surface area contributed by atoms with Gasteiger partial charge in [-0.25, -0.2) is 0 Å². The summed E-state index contributed by atoms with van der Waals surface area (Å²) in [5.41, 5.74) is 2.35. The van der Waals surface area contributed by atoms with Crippen molar-refractivity contribution in [3.63, 3.8) is 0 Å². The van der Waals surface area contributed by atoms with Gasteiger partial charge in [-0.05, 0) is 17.7 Å². The van der Waals surface area contributed by atoms with Gasteiger partial charge in [0.2, 0.25) is 0 Å². The Bertz CT molecular complexity index is 557. The average Bonchev–Trinajstić information content (AvgIpc) is 3.00. The van der Waals surface area contributed by atoms with Gasteiger partial charge in [0.1, 0.15) is 5.84 Å². The van der Waals surface area contributed by atoms with Crippen LogP contribution in [0.1, 0.15) is 5.56 Å². The molecule has 0 bridgehead atoms. The molecule has 1 aromatic heterocycles. The van der Waals surface area contributed by atoms with Gasteiger partial charge in [-0.1, -0.05) is 35.9 Å². The summed E-state index contributed by atoms with van der Waals surface area (Å²) >= 11 is 7.53. The molecule has 1 aliphatic rings. The molecular formula is C13H11ClN2S. The fourth-order valence-corrected chi connectivity index (χ4v) is 2.90. The van der Waals surface area contributed by atoms with Crippen LogP contribution >= 0.6 is 22.9 Å². The maximum atomic E-state index is 5.93. The van der Waals surface area contributed by atoms with E-state index in [2.05, 4.69) is 34.6 Å². The molecule has 0 spiro atoms. The van der Waals surface area contributed by atoms with Crippen LogP contribution in [0.5, 0.6) is 0 Å². The maximum Gasteiger partial charge on any atom is 0.128 e. The summed E-state index contributed by atoms with van der Waals surface area (Å²) in [4.78, 5) is 5.60. The molecule has 0 amide bonds. The molecule has 3 rings (SSSR count). The van der Waals surface area contributed by atoms with Crippen LogP contribution in [-0.4, -0.2) is 18.9 Å². The molecule has 2 aromatic rings. The molecule has 1 aliphatic heterocycles. The fraction of sp³-hybridized carbons (Fsp3) is 0.154. The topological polar surface area (TPSA) is 24.4 Å². The van der Waals surface area contributed by atoms with Crippen LogP contribution in [0, 0.1) is 0 Å². The highest BCUT2D eigenvalue weighted by molar-refractivity contribution is 7.19. The first-order chi connectivity index (χ1) is 8.33. The van der Waals surface area contributed by atoms with Crippen molar-refractivity contribution in [3.8, 4) is 10.4 Å². The molecule has 4 heteroatoms. The summed E-state index contributed by atoms with van der Waals surface area (Å²) in [7, 11) is 0. The molecule has 1 N–H and O–H groups in total. The van der Waals surface area contributed by atoms with Gasteiger partial charge in [-0.3, -0.25) is 4.99 Å². The summed E-state index contributed by atoms with van der Waals surface area (Å²) in [5.74, 6) is 1.00. The van der Waals surface area contributed by atoms with Gasteiger partial charge in [-0.15, -0.1) is 11.3 Å². The summed E-state index contributed by atoms with van der Waals surface area (Å²) in [6.45, 7) is 1.81. The van der Waals surface area contributed by atoms with E-state index in [1.54, 1.807) is 11.3 Å². The predicted molar refractivity (Wildman–Crippen MR) is 74.2 cm³/mol. The lowest BCUT2D eigenvalue weighted by molar-refractivity contribution is 0.960. The minimum absolute atomic E-state index is 0.825. The number of amidine groups is 1. The zero-order valence-electron chi connectivity index (χ0n) is 9.11. The van der Waals surface area contributed by atoms with Crippen LogP contribution in [0.2, 0.25) is 4.34 Å². The molecule has 0 aliphatic carbocycles. The second kappa shape index (κ2) is 4.51. The second-order valence-electron chi connectivity index (χ2n) is 3.84. The van der Waals surface area contributed by atoms with E-state index in [4.69, 9.17) is 11.6 Å². The average molecular weight is 263 g/mol. The summed E-state index contributed by atoms with van der Waals surface area (Å²) < 4.78 is 0.825. The zero-order valence-corrected chi connectivity index (χ0v) is 10.7. The molecule has 0 saturated heterocycles. The highest BCUT2D eigenvalue weighted by Crippen LogP contribution is 2.30. The Hall–Kier alpha value is -1.32. The molecule has 17 heavy (non-hydrogen) atoms. The largest absolute Gasteiger partial charge is 0.368 e. The Kier molecular flexibility index (Phi) is 2.87. The van der Waals surface area contributed by atoms with E-state index >= 15 is 0 Å². The smallest absolute Gasteiger partial charge is 0.128 e. The Morgan fingerprint density at radius 3 is 2.41 bits per heavy atom. The summed E-state index contributed by atoms with van der Waals surface area (Å²) in [6, 6.07) is 12.4. The number of hydrogen-bond acceptors (Lipinski definition) is 3. The molecule has 0 fully saturated rings. The van der Waals surface area contributed by atoms with Gasteiger partial charge in [0.15, 0.2) is 0 Å². The lowest BCUT2D eigenvalue weighted by Crippen LogP contribution is -2.19. The van der Waals surface area contributed by atoms with Crippen molar-refractivity contribution in [2.45, 2.75) is 0 Å². The molecule has 1 aromatic carbocycles. The van der Waals surface area contributed by atoms with Crippen molar-refractivity contribution in [2.75, 3.05) is 13.1 Å². The van der Waals surface area contributed by atoms with Crippen molar-refractivity contribution in [1.29, 1.82) is 0 Å². The maximum absolute atomic E-state index is 5.93. The predicted octanol–water partition coefficient (Wildman–Crippen LogP) is 3.42. The zero-order chi connectivity index (χ0) is 11.7. The molecule has 2 heterocycles. The van der Waals surface area contributed by atoms with Gasteiger partial charge in [0, 0.05) is 17.0 Å². The van der Waals surface area contributed by atoms with Crippen LogP contribution in [0.4, 0.5) is 0 Å². The Labute approximate surface area is 109 Å². The molecular weight excluding hydrogens is 252 g/mol. The second-order valence-corrected chi connectivity index (χ2v) is 5.55. The third kappa shape index (κ3) is 2.21. The van der Waals surface area contributed by atoms with E-state index in [9.17, 15) is 0 Å². The van der Waals surface area contributed by atoms with E-state index in [0.29, 0.717) is 0 Å². The number of hydrogen-bond donors (Lipinski definition) is 1. The van der Waals surface area contributed by atoms with Crippen LogP contribution in [0.25, 0.3) is 10.4 Å². The number of aliphatic imine (C=N–C) groups is 1. The highest BCUT2D eigenvalue weighted by atomic mass is 35.5. The first-order valence-electron chi connectivity index (χ1n) is 5.47. The quantitative estimate of drug-likeness (QED) is 0.881. The van der Waals surface area contributed by atoms with Crippen molar-refractivity contribution in [1.82, 2.24) is 5.32 Å². The lowest BCUT2D eigenvalue weighted by Gasteiger charge is -2.03. The number of nitrogens with one attached hydrogen (secondary N) is 1. The van der Waals surface area contributed by atoms with Crippen molar-refractivity contribution in [2.24, 2.45) is 4.99 Å². The van der Waals surface area contributed by atoms with Crippen molar-refractivity contribution >= 4 is 28.8 Å².